The smallest absolute Gasteiger partial charge is 0.169 e. The topological polar surface area (TPSA) is 42.9 Å². The van der Waals surface area contributed by atoms with Gasteiger partial charge in [0.25, 0.3) is 0 Å². The number of hydrogen-bond acceptors (Lipinski definition) is 3. The molecule has 1 aromatic heterocycles. The molecule has 0 saturated carbocycles. The van der Waals surface area contributed by atoms with E-state index in [9.17, 15) is 9.18 Å². The fraction of sp³-hybridized carbons (Fsp3) is 0.0625. The molecule has 1 heterocycles. The van der Waals surface area contributed by atoms with E-state index in [1.165, 1.54) is 6.07 Å². The molecule has 5 heteroatoms. The van der Waals surface area contributed by atoms with E-state index in [2.05, 4.69) is 25.9 Å². The van der Waals surface area contributed by atoms with Crippen molar-refractivity contribution < 1.29 is 9.18 Å². The number of carbonyl (C=O) groups excluding carboxylic acids is 1. The molecule has 0 spiro atoms. The van der Waals surface area contributed by atoms with Gasteiger partial charge in [-0.25, -0.2) is 4.39 Å². The summed E-state index contributed by atoms with van der Waals surface area (Å²) in [6.07, 6.45) is 3.24. The summed E-state index contributed by atoms with van der Waals surface area (Å²) in [4.78, 5) is 20.9. The Morgan fingerprint density at radius 3 is 2.71 bits per heavy atom. The fourth-order valence-corrected chi connectivity index (χ4v) is 2.58. The van der Waals surface area contributed by atoms with Crippen LogP contribution in [0.5, 0.6) is 0 Å². The van der Waals surface area contributed by atoms with E-state index in [0.29, 0.717) is 26.6 Å². The quantitative estimate of drug-likeness (QED) is 0.675. The van der Waals surface area contributed by atoms with Crippen LogP contribution >= 0.6 is 15.9 Å². The predicted octanol–water partition coefficient (Wildman–Crippen LogP) is 3.96. The standard InChI is InChI=1S/C16H10BrFN2O/c17-15-10(3-1-5-12(15)18)9-14(21)11-4-2-6-13-16(11)20-8-7-19-13/h1-8H,9H2. The number of fused-ring (bicyclic) bond motifs is 1. The van der Waals surface area contributed by atoms with Crippen LogP contribution < -0.4 is 0 Å². The maximum atomic E-state index is 13.5. The molecular formula is C16H10BrFN2O. The molecule has 21 heavy (non-hydrogen) atoms. The van der Waals surface area contributed by atoms with Crippen molar-refractivity contribution in [2.45, 2.75) is 6.42 Å². The number of ketones is 1. The first-order chi connectivity index (χ1) is 10.2. The maximum Gasteiger partial charge on any atom is 0.169 e. The van der Waals surface area contributed by atoms with Crippen LogP contribution in [0.1, 0.15) is 15.9 Å². The molecule has 3 aromatic rings. The van der Waals surface area contributed by atoms with Crippen LogP contribution in [0.2, 0.25) is 0 Å². The minimum Gasteiger partial charge on any atom is -0.294 e. The second-order valence-corrected chi connectivity index (χ2v) is 5.34. The summed E-state index contributed by atoms with van der Waals surface area (Å²) in [7, 11) is 0. The summed E-state index contributed by atoms with van der Waals surface area (Å²) in [5.41, 5.74) is 2.34. The van der Waals surface area contributed by atoms with Crippen LogP contribution in [0, 0.1) is 5.82 Å². The first-order valence-corrected chi connectivity index (χ1v) is 7.12. The summed E-state index contributed by atoms with van der Waals surface area (Å²) in [6.45, 7) is 0. The molecule has 0 aliphatic rings. The monoisotopic (exact) mass is 344 g/mol. The lowest BCUT2D eigenvalue weighted by molar-refractivity contribution is 0.0994. The van der Waals surface area contributed by atoms with E-state index in [1.54, 1.807) is 42.7 Å². The Bertz CT molecular complexity index is 830. The van der Waals surface area contributed by atoms with Crippen molar-refractivity contribution in [2.24, 2.45) is 0 Å². The predicted molar refractivity (Wildman–Crippen MR) is 81.7 cm³/mol. The number of para-hydroxylation sites is 1. The second-order valence-electron chi connectivity index (χ2n) is 4.54. The fourth-order valence-electron chi connectivity index (χ4n) is 2.17. The van der Waals surface area contributed by atoms with Gasteiger partial charge in [-0.3, -0.25) is 14.8 Å². The molecule has 3 rings (SSSR count). The molecule has 0 unspecified atom stereocenters. The Balaban J connectivity index is 2.00. The van der Waals surface area contributed by atoms with Crippen LogP contribution in [0.4, 0.5) is 4.39 Å². The summed E-state index contributed by atoms with van der Waals surface area (Å²) in [6, 6.07) is 9.95. The van der Waals surface area contributed by atoms with Gasteiger partial charge in [0.1, 0.15) is 5.82 Å². The summed E-state index contributed by atoms with van der Waals surface area (Å²) in [5.74, 6) is -0.495. The number of rotatable bonds is 3. The molecule has 0 amide bonds. The number of Topliss-reactive ketones (excluding diaryl/α,β-unsaturated/α-hetero) is 1. The average Bonchev–Trinajstić information content (AvgIpc) is 2.51. The number of halogens is 2. The van der Waals surface area contributed by atoms with Gasteiger partial charge in [0, 0.05) is 24.4 Å². The highest BCUT2D eigenvalue weighted by atomic mass is 79.9. The summed E-state index contributed by atoms with van der Waals surface area (Å²) < 4.78 is 13.8. The highest BCUT2D eigenvalue weighted by Crippen LogP contribution is 2.23. The van der Waals surface area contributed by atoms with Crippen molar-refractivity contribution in [3.8, 4) is 0 Å². The minimum atomic E-state index is -0.377. The molecule has 0 bridgehead atoms. The Hall–Kier alpha value is -2.14. The zero-order chi connectivity index (χ0) is 14.8. The third-order valence-corrected chi connectivity index (χ3v) is 4.07. The first-order valence-electron chi connectivity index (χ1n) is 6.32. The van der Waals surface area contributed by atoms with E-state index < -0.39 is 0 Å². The van der Waals surface area contributed by atoms with Gasteiger partial charge in [0.05, 0.1) is 15.5 Å². The van der Waals surface area contributed by atoms with E-state index in [1.807, 2.05) is 0 Å². The molecule has 0 radical (unpaired) electrons. The van der Waals surface area contributed by atoms with E-state index in [0.717, 1.165) is 0 Å². The number of carbonyl (C=O) groups is 1. The Morgan fingerprint density at radius 2 is 1.86 bits per heavy atom. The molecule has 2 aromatic carbocycles. The summed E-state index contributed by atoms with van der Waals surface area (Å²) in [5, 5.41) is 0. The molecule has 0 fully saturated rings. The van der Waals surface area contributed by atoms with Gasteiger partial charge < -0.3 is 0 Å². The summed E-state index contributed by atoms with van der Waals surface area (Å²) >= 11 is 3.18. The Morgan fingerprint density at radius 1 is 1.10 bits per heavy atom. The van der Waals surface area contributed by atoms with Crippen molar-refractivity contribution in [1.82, 2.24) is 9.97 Å². The van der Waals surface area contributed by atoms with Gasteiger partial charge in [-0.05, 0) is 39.7 Å². The van der Waals surface area contributed by atoms with Gasteiger partial charge >= 0.3 is 0 Å². The average molecular weight is 345 g/mol. The van der Waals surface area contributed by atoms with Gasteiger partial charge in [0.15, 0.2) is 5.78 Å². The van der Waals surface area contributed by atoms with E-state index >= 15 is 0 Å². The lowest BCUT2D eigenvalue weighted by atomic mass is 10.0. The number of hydrogen-bond donors (Lipinski definition) is 0. The van der Waals surface area contributed by atoms with Gasteiger partial charge in [-0.15, -0.1) is 0 Å². The Kier molecular flexibility index (Phi) is 3.75. The SMILES string of the molecule is O=C(Cc1cccc(F)c1Br)c1cccc2nccnc12. The molecule has 3 nitrogen and oxygen atoms in total. The van der Waals surface area contributed by atoms with Crippen molar-refractivity contribution >= 4 is 32.7 Å². The third-order valence-electron chi connectivity index (χ3n) is 3.18. The zero-order valence-electron chi connectivity index (χ0n) is 10.9. The van der Waals surface area contributed by atoms with Gasteiger partial charge in [-0.1, -0.05) is 18.2 Å². The van der Waals surface area contributed by atoms with E-state index in [4.69, 9.17) is 0 Å². The Labute approximate surface area is 129 Å². The lowest BCUT2D eigenvalue weighted by Gasteiger charge is -2.06. The first kappa shape index (κ1) is 13.8. The van der Waals surface area contributed by atoms with Crippen LogP contribution in [0.15, 0.2) is 53.3 Å². The maximum absolute atomic E-state index is 13.5. The van der Waals surface area contributed by atoms with Crippen molar-refractivity contribution in [3.05, 3.63) is 70.2 Å². The van der Waals surface area contributed by atoms with Crippen LogP contribution in [0.3, 0.4) is 0 Å². The number of nitrogens with zero attached hydrogens (tertiary/aromatic N) is 2. The minimum absolute atomic E-state index is 0.105. The van der Waals surface area contributed by atoms with Gasteiger partial charge in [0.2, 0.25) is 0 Å². The third kappa shape index (κ3) is 2.69. The molecule has 0 atom stereocenters. The zero-order valence-corrected chi connectivity index (χ0v) is 12.5. The number of aromatic nitrogens is 2. The van der Waals surface area contributed by atoms with Crippen LogP contribution in [0.25, 0.3) is 11.0 Å². The van der Waals surface area contributed by atoms with Crippen LogP contribution in [-0.2, 0) is 6.42 Å². The molecule has 0 N–H and O–H groups in total. The largest absolute Gasteiger partial charge is 0.294 e. The lowest BCUT2D eigenvalue weighted by Crippen LogP contribution is -2.06. The molecule has 0 aliphatic carbocycles. The van der Waals surface area contributed by atoms with Gasteiger partial charge in [-0.2, -0.15) is 0 Å². The molecular weight excluding hydrogens is 335 g/mol. The highest BCUT2D eigenvalue weighted by molar-refractivity contribution is 9.10. The van der Waals surface area contributed by atoms with Crippen LogP contribution in [-0.4, -0.2) is 15.8 Å². The molecule has 0 aliphatic heterocycles. The normalized spacial score (nSPS) is 10.8. The second kappa shape index (κ2) is 5.69. The highest BCUT2D eigenvalue weighted by Gasteiger charge is 2.14. The molecule has 0 saturated heterocycles. The van der Waals surface area contributed by atoms with Crippen molar-refractivity contribution in [2.75, 3.05) is 0 Å². The molecule has 104 valence electrons. The van der Waals surface area contributed by atoms with Crippen molar-refractivity contribution in [3.63, 3.8) is 0 Å². The van der Waals surface area contributed by atoms with Crippen molar-refractivity contribution in [1.29, 1.82) is 0 Å². The van der Waals surface area contributed by atoms with E-state index in [-0.39, 0.29) is 18.0 Å². The number of benzene rings is 2.